The van der Waals surface area contributed by atoms with E-state index in [9.17, 15) is 13.2 Å². The molecule has 1 saturated carbocycles. The van der Waals surface area contributed by atoms with E-state index in [-0.39, 0.29) is 6.04 Å². The number of hydrogen-bond donors (Lipinski definition) is 1. The predicted molar refractivity (Wildman–Crippen MR) is 77.5 cm³/mol. The molecular formula is C13H16BrNO3S. The molecule has 1 amide bonds. The number of carbonyl (C=O) groups excluding carboxylic acids is 1. The van der Waals surface area contributed by atoms with Crippen LogP contribution in [-0.4, -0.2) is 26.1 Å². The number of rotatable bonds is 5. The highest BCUT2D eigenvalue weighted by Crippen LogP contribution is 2.25. The van der Waals surface area contributed by atoms with Crippen molar-refractivity contribution in [2.75, 3.05) is 5.75 Å². The lowest BCUT2D eigenvalue weighted by Gasteiger charge is -2.13. The van der Waals surface area contributed by atoms with Gasteiger partial charge in [0.05, 0.1) is 5.25 Å². The maximum Gasteiger partial charge on any atom is 0.235 e. The number of amides is 1. The van der Waals surface area contributed by atoms with Crippen LogP contribution in [0.3, 0.4) is 0 Å². The van der Waals surface area contributed by atoms with Crippen LogP contribution in [0.1, 0.15) is 30.6 Å². The van der Waals surface area contributed by atoms with E-state index in [0.717, 1.165) is 17.3 Å². The average molecular weight is 346 g/mol. The lowest BCUT2D eigenvalue weighted by molar-refractivity contribution is -0.118. The summed E-state index contributed by atoms with van der Waals surface area (Å²) in [6.07, 6.45) is 1.90. The summed E-state index contributed by atoms with van der Waals surface area (Å²) in [4.78, 5) is 11.6. The van der Waals surface area contributed by atoms with Crippen molar-refractivity contribution in [1.29, 1.82) is 0 Å². The van der Waals surface area contributed by atoms with Crippen LogP contribution in [0.2, 0.25) is 0 Å². The summed E-state index contributed by atoms with van der Waals surface area (Å²) >= 11 is 3.31. The van der Waals surface area contributed by atoms with Gasteiger partial charge < -0.3 is 5.32 Å². The fourth-order valence-corrected chi connectivity index (χ4v) is 3.45. The van der Waals surface area contributed by atoms with Crippen molar-refractivity contribution in [3.8, 4) is 0 Å². The third-order valence-corrected chi connectivity index (χ3v) is 5.64. The lowest BCUT2D eigenvalue weighted by Crippen LogP contribution is -2.33. The van der Waals surface area contributed by atoms with Crippen LogP contribution in [0, 0.1) is 0 Å². The third-order valence-electron chi connectivity index (χ3n) is 3.13. The molecule has 104 valence electrons. The van der Waals surface area contributed by atoms with Crippen LogP contribution >= 0.6 is 15.9 Å². The maximum absolute atomic E-state index is 12.2. The molecule has 4 nitrogen and oxygen atoms in total. The Balaban J connectivity index is 2.07. The quantitative estimate of drug-likeness (QED) is 0.889. The molecule has 0 bridgehead atoms. The minimum absolute atomic E-state index is 0.184. The Morgan fingerprint density at radius 3 is 2.74 bits per heavy atom. The summed E-state index contributed by atoms with van der Waals surface area (Å²) in [5.74, 6) is -0.846. The van der Waals surface area contributed by atoms with Crippen molar-refractivity contribution >= 4 is 31.7 Å². The average Bonchev–Trinajstić information content (AvgIpc) is 3.11. The van der Waals surface area contributed by atoms with Crippen molar-refractivity contribution in [3.63, 3.8) is 0 Å². The number of hydrogen-bond acceptors (Lipinski definition) is 3. The van der Waals surface area contributed by atoms with Crippen LogP contribution in [0.25, 0.3) is 0 Å². The van der Waals surface area contributed by atoms with E-state index in [0.29, 0.717) is 5.56 Å². The number of sulfone groups is 1. The van der Waals surface area contributed by atoms with Gasteiger partial charge in [-0.2, -0.15) is 0 Å². The van der Waals surface area contributed by atoms with Gasteiger partial charge >= 0.3 is 0 Å². The largest absolute Gasteiger partial charge is 0.352 e. The molecule has 0 aromatic heterocycles. The van der Waals surface area contributed by atoms with Gasteiger partial charge in [-0.3, -0.25) is 4.79 Å². The van der Waals surface area contributed by atoms with Gasteiger partial charge in [-0.15, -0.1) is 0 Å². The number of benzene rings is 1. The zero-order valence-corrected chi connectivity index (χ0v) is 13.0. The van der Waals surface area contributed by atoms with Crippen molar-refractivity contribution in [2.45, 2.75) is 31.1 Å². The standard InChI is InChI=1S/C13H16BrNO3S/c1-9(10-3-2-4-11(14)7-10)19(17,18)8-13(16)15-12-5-6-12/h2-4,7,9,12H,5-6,8H2,1H3,(H,15,16)/t9-/m1/s1. The highest BCUT2D eigenvalue weighted by molar-refractivity contribution is 9.10. The molecule has 0 aliphatic heterocycles. The second kappa shape index (κ2) is 5.63. The van der Waals surface area contributed by atoms with Crippen LogP contribution in [0.15, 0.2) is 28.7 Å². The Hall–Kier alpha value is -0.880. The molecule has 6 heteroatoms. The molecule has 0 unspecified atom stereocenters. The molecule has 1 N–H and O–H groups in total. The van der Waals surface area contributed by atoms with E-state index in [1.165, 1.54) is 0 Å². The van der Waals surface area contributed by atoms with Crippen molar-refractivity contribution in [1.82, 2.24) is 5.32 Å². The Labute approximate surface area is 121 Å². The monoisotopic (exact) mass is 345 g/mol. The normalized spacial score (nSPS) is 16.9. The summed E-state index contributed by atoms with van der Waals surface area (Å²) in [7, 11) is -3.48. The van der Waals surface area contributed by atoms with Crippen LogP contribution in [0.4, 0.5) is 0 Å². The fourth-order valence-electron chi connectivity index (χ4n) is 1.77. The van der Waals surface area contributed by atoms with E-state index in [1.54, 1.807) is 25.1 Å². The Morgan fingerprint density at radius 2 is 2.16 bits per heavy atom. The van der Waals surface area contributed by atoms with E-state index < -0.39 is 26.7 Å². The molecule has 0 radical (unpaired) electrons. The first-order chi connectivity index (χ1) is 8.88. The van der Waals surface area contributed by atoms with E-state index >= 15 is 0 Å². The molecule has 1 aliphatic carbocycles. The summed E-state index contributed by atoms with van der Waals surface area (Å²) in [6, 6.07) is 7.33. The first-order valence-electron chi connectivity index (χ1n) is 6.15. The second-order valence-corrected chi connectivity index (χ2v) is 8.08. The first-order valence-corrected chi connectivity index (χ1v) is 8.66. The summed E-state index contributed by atoms with van der Waals surface area (Å²) in [6.45, 7) is 1.61. The molecule has 1 aliphatic rings. The van der Waals surface area contributed by atoms with Gasteiger partial charge in [0.1, 0.15) is 5.75 Å². The minimum atomic E-state index is -3.48. The smallest absolute Gasteiger partial charge is 0.235 e. The molecular weight excluding hydrogens is 330 g/mol. The number of nitrogens with one attached hydrogen (secondary N) is 1. The highest BCUT2D eigenvalue weighted by Gasteiger charge is 2.29. The van der Waals surface area contributed by atoms with Crippen LogP contribution in [0.5, 0.6) is 0 Å². The van der Waals surface area contributed by atoms with Gasteiger partial charge in [0.25, 0.3) is 0 Å². The molecule has 1 atom stereocenters. The SMILES string of the molecule is C[C@H](c1cccc(Br)c1)S(=O)(=O)CC(=O)NC1CC1. The first kappa shape index (κ1) is 14.5. The minimum Gasteiger partial charge on any atom is -0.352 e. The molecule has 0 spiro atoms. The zero-order chi connectivity index (χ0) is 14.0. The van der Waals surface area contributed by atoms with Gasteiger partial charge in [-0.05, 0) is 37.5 Å². The maximum atomic E-state index is 12.2. The van der Waals surface area contributed by atoms with Gasteiger partial charge in [-0.25, -0.2) is 8.42 Å². The lowest BCUT2D eigenvalue weighted by atomic mass is 10.2. The Morgan fingerprint density at radius 1 is 1.47 bits per heavy atom. The molecule has 2 rings (SSSR count). The molecule has 1 aromatic carbocycles. The van der Waals surface area contributed by atoms with E-state index in [4.69, 9.17) is 0 Å². The molecule has 1 fully saturated rings. The van der Waals surface area contributed by atoms with Crippen molar-refractivity contribution in [3.05, 3.63) is 34.3 Å². The molecule has 1 aromatic rings. The third kappa shape index (κ3) is 4.04. The summed E-state index contributed by atoms with van der Waals surface area (Å²) < 4.78 is 25.2. The number of carbonyl (C=O) groups is 1. The zero-order valence-electron chi connectivity index (χ0n) is 10.6. The number of halogens is 1. The van der Waals surface area contributed by atoms with E-state index in [1.807, 2.05) is 6.07 Å². The topological polar surface area (TPSA) is 63.2 Å². The second-order valence-electron chi connectivity index (χ2n) is 4.85. The molecule has 0 heterocycles. The molecule has 19 heavy (non-hydrogen) atoms. The van der Waals surface area contributed by atoms with Gasteiger partial charge in [0.2, 0.25) is 5.91 Å². The van der Waals surface area contributed by atoms with Gasteiger partial charge in [-0.1, -0.05) is 28.1 Å². The Bertz CT molecular complexity index is 581. The summed E-state index contributed by atoms with van der Waals surface area (Å²) in [5.41, 5.74) is 0.689. The molecule has 0 saturated heterocycles. The van der Waals surface area contributed by atoms with Crippen molar-refractivity contribution < 1.29 is 13.2 Å². The van der Waals surface area contributed by atoms with Crippen molar-refractivity contribution in [2.24, 2.45) is 0 Å². The van der Waals surface area contributed by atoms with Crippen LogP contribution < -0.4 is 5.32 Å². The summed E-state index contributed by atoms with van der Waals surface area (Å²) in [5, 5.41) is 2.02. The highest BCUT2D eigenvalue weighted by atomic mass is 79.9. The Kier molecular flexibility index (Phi) is 4.30. The predicted octanol–water partition coefficient (Wildman–Crippen LogP) is 2.20. The van der Waals surface area contributed by atoms with E-state index in [2.05, 4.69) is 21.2 Å². The van der Waals surface area contributed by atoms with Crippen LogP contribution in [-0.2, 0) is 14.6 Å². The van der Waals surface area contributed by atoms with Gasteiger partial charge in [0.15, 0.2) is 9.84 Å². The fraction of sp³-hybridized carbons (Fsp3) is 0.462. The van der Waals surface area contributed by atoms with Gasteiger partial charge in [0, 0.05) is 10.5 Å².